The largest absolute Gasteiger partial charge is 0.479 e. The second-order valence-corrected chi connectivity index (χ2v) is 6.87. The van der Waals surface area contributed by atoms with E-state index < -0.39 is 12.1 Å². The zero-order valence-electron chi connectivity index (χ0n) is 14.1. The summed E-state index contributed by atoms with van der Waals surface area (Å²) in [4.78, 5) is 36.2. The third kappa shape index (κ3) is 2.51. The zero-order chi connectivity index (χ0) is 18.4. The Bertz CT molecular complexity index is 816. The summed E-state index contributed by atoms with van der Waals surface area (Å²) in [6.45, 7) is 1.42. The summed E-state index contributed by atoms with van der Waals surface area (Å²) in [6, 6.07) is 6.76. The van der Waals surface area contributed by atoms with Crippen LogP contribution in [0.3, 0.4) is 0 Å². The molecule has 3 aliphatic rings. The first-order valence-electron chi connectivity index (χ1n) is 8.56. The molecule has 4 rings (SSSR count). The predicted molar refractivity (Wildman–Crippen MR) is 91.3 cm³/mol. The second kappa shape index (κ2) is 6.09. The van der Waals surface area contributed by atoms with Crippen molar-refractivity contribution in [1.82, 2.24) is 5.01 Å². The van der Waals surface area contributed by atoms with Crippen molar-refractivity contribution in [2.24, 2.45) is 28.8 Å². The van der Waals surface area contributed by atoms with Gasteiger partial charge in [0.05, 0.1) is 18.1 Å². The fourth-order valence-corrected chi connectivity index (χ4v) is 4.06. The number of allylic oxidation sites excluding steroid dienone is 2. The number of benzene rings is 1. The van der Waals surface area contributed by atoms with Crippen molar-refractivity contribution >= 4 is 24.0 Å². The number of carbonyl (C=O) groups excluding carboxylic acids is 2. The van der Waals surface area contributed by atoms with Gasteiger partial charge in [0.15, 0.2) is 6.10 Å². The Labute approximate surface area is 149 Å². The highest BCUT2D eigenvalue weighted by atomic mass is 16.5. The summed E-state index contributed by atoms with van der Waals surface area (Å²) >= 11 is 0. The Balaban J connectivity index is 1.55. The molecule has 1 aromatic carbocycles. The van der Waals surface area contributed by atoms with Gasteiger partial charge in [0, 0.05) is 5.56 Å². The molecule has 1 heterocycles. The first-order valence-corrected chi connectivity index (χ1v) is 8.56. The van der Waals surface area contributed by atoms with Gasteiger partial charge in [-0.15, -0.1) is 0 Å². The summed E-state index contributed by atoms with van der Waals surface area (Å²) in [5, 5.41) is 14.1. The smallest absolute Gasteiger partial charge is 0.344 e. The van der Waals surface area contributed by atoms with Gasteiger partial charge >= 0.3 is 5.97 Å². The fourth-order valence-electron chi connectivity index (χ4n) is 4.06. The van der Waals surface area contributed by atoms with Gasteiger partial charge in [-0.3, -0.25) is 9.59 Å². The van der Waals surface area contributed by atoms with E-state index in [4.69, 9.17) is 9.84 Å². The second-order valence-electron chi connectivity index (χ2n) is 6.87. The number of hydrazone groups is 1. The number of ether oxygens (including phenoxy) is 1. The SMILES string of the molecule is C[C@H](Oc1ccccc1C=NN1C(=O)[C@@H]2[C@H](C1=O)[C@H]1C=C[C@H]2C1)C(=O)O. The van der Waals surface area contributed by atoms with Crippen LogP contribution in [0.5, 0.6) is 5.75 Å². The van der Waals surface area contributed by atoms with Crippen molar-refractivity contribution in [3.05, 3.63) is 42.0 Å². The van der Waals surface area contributed by atoms with E-state index in [1.165, 1.54) is 13.1 Å². The third-order valence-electron chi connectivity index (χ3n) is 5.33. The molecule has 26 heavy (non-hydrogen) atoms. The number of imide groups is 1. The quantitative estimate of drug-likeness (QED) is 0.493. The lowest BCUT2D eigenvalue weighted by Crippen LogP contribution is -2.28. The Morgan fingerprint density at radius 2 is 1.85 bits per heavy atom. The van der Waals surface area contributed by atoms with Crippen LogP contribution in [0.4, 0.5) is 0 Å². The van der Waals surface area contributed by atoms with E-state index in [2.05, 4.69) is 5.10 Å². The number of hydrogen-bond acceptors (Lipinski definition) is 5. The number of aliphatic carboxylic acids is 1. The molecular weight excluding hydrogens is 336 g/mol. The third-order valence-corrected chi connectivity index (χ3v) is 5.33. The van der Waals surface area contributed by atoms with Crippen LogP contribution in [-0.4, -0.2) is 40.2 Å². The van der Waals surface area contributed by atoms with E-state index in [0.717, 1.165) is 11.4 Å². The summed E-state index contributed by atoms with van der Waals surface area (Å²) in [7, 11) is 0. The molecular formula is C19H18N2O5. The number of carbonyl (C=O) groups is 3. The minimum atomic E-state index is -1.09. The van der Waals surface area contributed by atoms with E-state index in [-0.39, 0.29) is 35.5 Å². The highest BCUT2D eigenvalue weighted by Crippen LogP contribution is 2.52. The molecule has 1 saturated carbocycles. The number of fused-ring (bicyclic) bond motifs is 5. The topological polar surface area (TPSA) is 96.3 Å². The van der Waals surface area contributed by atoms with Crippen molar-refractivity contribution in [3.63, 3.8) is 0 Å². The number of nitrogens with zero attached hydrogens (tertiary/aromatic N) is 2. The lowest BCUT2D eigenvalue weighted by Gasteiger charge is -2.13. The first kappa shape index (κ1) is 16.5. The number of carboxylic acids is 1. The Hall–Kier alpha value is -2.96. The van der Waals surface area contributed by atoms with E-state index in [1.807, 2.05) is 12.2 Å². The molecule has 0 aromatic heterocycles. The first-order chi connectivity index (χ1) is 12.5. The summed E-state index contributed by atoms with van der Waals surface area (Å²) in [5.74, 6) is -1.61. The highest BCUT2D eigenvalue weighted by molar-refractivity contribution is 6.06. The molecule has 1 saturated heterocycles. The molecule has 2 bridgehead atoms. The van der Waals surface area contributed by atoms with Gasteiger partial charge in [0.25, 0.3) is 11.8 Å². The lowest BCUT2D eigenvalue weighted by atomic mass is 9.85. The van der Waals surface area contributed by atoms with Crippen LogP contribution < -0.4 is 4.74 Å². The standard InChI is InChI=1S/C19H18N2O5/c1-10(19(24)25)26-14-5-3-2-4-13(14)9-20-21-17(22)15-11-6-7-12(8-11)16(15)18(21)23/h2-7,9-12,15-16H,8H2,1H3,(H,24,25)/t10-,11-,12-,15-,16+/m0/s1. The molecule has 1 aromatic rings. The molecule has 1 aliphatic heterocycles. The molecule has 7 heteroatoms. The molecule has 2 amide bonds. The number of amides is 2. The van der Waals surface area contributed by atoms with Gasteiger partial charge in [-0.2, -0.15) is 10.1 Å². The van der Waals surface area contributed by atoms with Crippen molar-refractivity contribution in [1.29, 1.82) is 0 Å². The van der Waals surface area contributed by atoms with Crippen LogP contribution in [0.1, 0.15) is 18.9 Å². The van der Waals surface area contributed by atoms with Crippen LogP contribution in [0.25, 0.3) is 0 Å². The average Bonchev–Trinajstić information content (AvgIpc) is 3.29. The molecule has 2 aliphatic carbocycles. The van der Waals surface area contributed by atoms with Gasteiger partial charge in [-0.05, 0) is 37.3 Å². The van der Waals surface area contributed by atoms with Crippen molar-refractivity contribution in [2.45, 2.75) is 19.4 Å². The maximum Gasteiger partial charge on any atom is 0.344 e. The van der Waals surface area contributed by atoms with E-state index >= 15 is 0 Å². The summed E-state index contributed by atoms with van der Waals surface area (Å²) < 4.78 is 5.41. The van der Waals surface area contributed by atoms with E-state index in [0.29, 0.717) is 11.3 Å². The number of hydrogen-bond donors (Lipinski definition) is 1. The van der Waals surface area contributed by atoms with Crippen LogP contribution >= 0.6 is 0 Å². The van der Waals surface area contributed by atoms with E-state index in [9.17, 15) is 14.4 Å². The molecule has 134 valence electrons. The molecule has 0 radical (unpaired) electrons. The van der Waals surface area contributed by atoms with Gasteiger partial charge in [0.1, 0.15) is 5.75 Å². The number of carboxylic acid groups (broad SMARTS) is 1. The summed E-state index contributed by atoms with van der Waals surface area (Å²) in [6.07, 6.45) is 5.27. The maximum atomic E-state index is 12.6. The maximum absolute atomic E-state index is 12.6. The normalized spacial score (nSPS) is 30.3. The lowest BCUT2D eigenvalue weighted by molar-refractivity contribution is -0.144. The molecule has 1 N–H and O–H groups in total. The number of para-hydroxylation sites is 1. The van der Waals surface area contributed by atoms with Crippen molar-refractivity contribution < 1.29 is 24.2 Å². The molecule has 2 fully saturated rings. The summed E-state index contributed by atoms with van der Waals surface area (Å²) in [5.41, 5.74) is 0.499. The predicted octanol–water partition coefficient (Wildman–Crippen LogP) is 1.68. The van der Waals surface area contributed by atoms with Gasteiger partial charge in [0.2, 0.25) is 0 Å². The molecule has 0 unspecified atom stereocenters. The van der Waals surface area contributed by atoms with Gasteiger partial charge < -0.3 is 9.84 Å². The van der Waals surface area contributed by atoms with Crippen LogP contribution in [0.2, 0.25) is 0 Å². The fraction of sp³-hybridized carbons (Fsp3) is 0.368. The van der Waals surface area contributed by atoms with Crippen LogP contribution in [-0.2, 0) is 14.4 Å². The average molecular weight is 354 g/mol. The molecule has 5 atom stereocenters. The van der Waals surface area contributed by atoms with Crippen molar-refractivity contribution in [2.75, 3.05) is 0 Å². The highest BCUT2D eigenvalue weighted by Gasteiger charge is 2.59. The van der Waals surface area contributed by atoms with Crippen LogP contribution in [0, 0.1) is 23.7 Å². The van der Waals surface area contributed by atoms with Crippen LogP contribution in [0.15, 0.2) is 41.5 Å². The van der Waals surface area contributed by atoms with E-state index in [1.54, 1.807) is 24.3 Å². The molecule has 7 nitrogen and oxygen atoms in total. The van der Waals surface area contributed by atoms with Crippen molar-refractivity contribution in [3.8, 4) is 5.75 Å². The van der Waals surface area contributed by atoms with Gasteiger partial charge in [-0.25, -0.2) is 4.79 Å². The minimum absolute atomic E-state index is 0.133. The number of rotatable bonds is 5. The Morgan fingerprint density at radius 1 is 1.23 bits per heavy atom. The monoisotopic (exact) mass is 354 g/mol. The Kier molecular flexibility index (Phi) is 3.86. The Morgan fingerprint density at radius 3 is 2.46 bits per heavy atom. The minimum Gasteiger partial charge on any atom is -0.479 e. The zero-order valence-corrected chi connectivity index (χ0v) is 14.1. The molecule has 0 spiro atoms. The van der Waals surface area contributed by atoms with Gasteiger partial charge in [-0.1, -0.05) is 24.3 Å².